The highest BCUT2D eigenvalue weighted by molar-refractivity contribution is 6.74. The van der Waals surface area contributed by atoms with E-state index >= 15 is 0 Å². The summed E-state index contributed by atoms with van der Waals surface area (Å²) in [6.45, 7) is 11.4. The molecule has 3 N–H and O–H groups in total. The van der Waals surface area contributed by atoms with Crippen LogP contribution in [-0.2, 0) is 4.43 Å². The number of aromatic nitrogens is 2. The highest BCUT2D eigenvalue weighted by atomic mass is 35.5. The summed E-state index contributed by atoms with van der Waals surface area (Å²) >= 11 is 12.2. The molecule has 0 saturated heterocycles. The molecule has 1 fully saturated rings. The predicted octanol–water partition coefficient (Wildman–Crippen LogP) is 7.17. The van der Waals surface area contributed by atoms with Crippen molar-refractivity contribution in [3.05, 3.63) is 40.6 Å². The van der Waals surface area contributed by atoms with E-state index in [4.69, 9.17) is 27.6 Å². The predicted molar refractivity (Wildman–Crippen MR) is 139 cm³/mol. The number of para-hydroxylation sites is 1. The number of urea groups is 1. The van der Waals surface area contributed by atoms with Crippen molar-refractivity contribution < 1.29 is 9.22 Å². The number of anilines is 3. The topological polar surface area (TPSA) is 88.2 Å². The molecule has 3 rings (SSSR count). The van der Waals surface area contributed by atoms with Gasteiger partial charge in [-0.3, -0.25) is 5.32 Å². The van der Waals surface area contributed by atoms with Crippen LogP contribution in [0.25, 0.3) is 0 Å². The second-order valence-electron chi connectivity index (χ2n) is 9.96. The van der Waals surface area contributed by atoms with Crippen LogP contribution < -0.4 is 16.0 Å². The summed E-state index contributed by atoms with van der Waals surface area (Å²) in [7, 11) is -1.75. The van der Waals surface area contributed by atoms with Gasteiger partial charge in [-0.05, 0) is 55.9 Å². The van der Waals surface area contributed by atoms with Crippen LogP contribution in [-0.4, -0.2) is 36.5 Å². The number of nitrogens with zero attached hydrogens (tertiary/aromatic N) is 2. The van der Waals surface area contributed by atoms with Crippen LogP contribution >= 0.6 is 23.2 Å². The van der Waals surface area contributed by atoms with E-state index in [0.29, 0.717) is 39.5 Å². The molecule has 1 saturated carbocycles. The van der Waals surface area contributed by atoms with Crippen LogP contribution in [0.5, 0.6) is 0 Å². The summed E-state index contributed by atoms with van der Waals surface area (Å²) in [5.41, 5.74) is 0.349. The second-order valence-corrected chi connectivity index (χ2v) is 15.5. The van der Waals surface area contributed by atoms with Gasteiger partial charge in [-0.2, -0.15) is 0 Å². The van der Waals surface area contributed by atoms with Crippen molar-refractivity contribution >= 4 is 54.9 Å². The standard InChI is InChI=1S/C23H33Cl2N5O2Si/c1-23(2,3)33(4,5)32-16-11-9-15(10-12-16)28-19-13-20(27-14-26-19)29-22(31)30-21-17(24)7-6-8-18(21)25/h6-8,13-16H,9-12H2,1-5H3,(H3,26,27,28,29,30,31)/t15-,16-. The number of amides is 2. The fraction of sp³-hybridized carbons (Fsp3) is 0.522. The van der Waals surface area contributed by atoms with E-state index in [1.807, 2.05) is 0 Å². The van der Waals surface area contributed by atoms with Crippen molar-refractivity contribution in [3.63, 3.8) is 0 Å². The lowest BCUT2D eigenvalue weighted by Crippen LogP contribution is -2.45. The van der Waals surface area contributed by atoms with Gasteiger partial charge < -0.3 is 15.1 Å². The molecule has 180 valence electrons. The third-order valence-electron chi connectivity index (χ3n) is 6.40. The molecule has 0 radical (unpaired) electrons. The Balaban J connectivity index is 1.52. The van der Waals surface area contributed by atoms with Crippen LogP contribution in [0.4, 0.5) is 22.1 Å². The first-order valence-corrected chi connectivity index (χ1v) is 14.9. The van der Waals surface area contributed by atoms with Gasteiger partial charge in [0.05, 0.1) is 15.7 Å². The smallest absolute Gasteiger partial charge is 0.324 e. The van der Waals surface area contributed by atoms with Gasteiger partial charge >= 0.3 is 6.03 Å². The second kappa shape index (κ2) is 10.6. The summed E-state index contributed by atoms with van der Waals surface area (Å²) < 4.78 is 6.58. The lowest BCUT2D eigenvalue weighted by molar-refractivity contribution is 0.133. The SMILES string of the molecule is CC(C)(C)[Si](C)(C)O[C@H]1CC[C@H](Nc2cc(NC(=O)Nc3c(Cl)cccc3Cl)ncn2)CC1. The first kappa shape index (κ1) is 25.7. The zero-order chi connectivity index (χ0) is 24.2. The van der Waals surface area contributed by atoms with Crippen molar-refractivity contribution in [1.82, 2.24) is 9.97 Å². The van der Waals surface area contributed by atoms with Gasteiger partial charge in [0.2, 0.25) is 0 Å². The average molecular weight is 511 g/mol. The van der Waals surface area contributed by atoms with E-state index in [9.17, 15) is 4.79 Å². The Morgan fingerprint density at radius 2 is 1.64 bits per heavy atom. The third kappa shape index (κ3) is 7.05. The molecule has 1 aromatic carbocycles. The third-order valence-corrected chi connectivity index (χ3v) is 11.6. The molecule has 1 aliphatic rings. The number of rotatable bonds is 6. The number of halogens is 2. The number of hydrogen-bond acceptors (Lipinski definition) is 5. The van der Waals surface area contributed by atoms with Gasteiger partial charge in [0, 0.05) is 18.2 Å². The van der Waals surface area contributed by atoms with E-state index in [1.54, 1.807) is 24.3 Å². The van der Waals surface area contributed by atoms with Crippen molar-refractivity contribution in [2.45, 2.75) is 76.7 Å². The fourth-order valence-electron chi connectivity index (χ4n) is 3.51. The molecule has 2 aromatic rings. The van der Waals surface area contributed by atoms with Crippen molar-refractivity contribution in [3.8, 4) is 0 Å². The van der Waals surface area contributed by atoms with Crippen molar-refractivity contribution in [1.29, 1.82) is 0 Å². The quantitative estimate of drug-likeness (QED) is 0.359. The number of carbonyl (C=O) groups excluding carboxylic acids is 1. The first-order valence-electron chi connectivity index (χ1n) is 11.2. The lowest BCUT2D eigenvalue weighted by atomic mass is 9.93. The Bertz CT molecular complexity index is 955. The maximum Gasteiger partial charge on any atom is 0.324 e. The summed E-state index contributed by atoms with van der Waals surface area (Å²) in [5, 5.41) is 9.75. The largest absolute Gasteiger partial charge is 0.414 e. The molecule has 10 heteroatoms. The average Bonchev–Trinajstić information content (AvgIpc) is 2.71. The molecule has 0 atom stereocenters. The Labute approximate surface area is 207 Å². The highest BCUT2D eigenvalue weighted by Crippen LogP contribution is 2.39. The van der Waals surface area contributed by atoms with E-state index in [-0.39, 0.29) is 5.04 Å². The molecule has 0 spiro atoms. The monoisotopic (exact) mass is 509 g/mol. The highest BCUT2D eigenvalue weighted by Gasteiger charge is 2.39. The summed E-state index contributed by atoms with van der Waals surface area (Å²) in [6.07, 6.45) is 5.83. The molecule has 33 heavy (non-hydrogen) atoms. The first-order chi connectivity index (χ1) is 15.4. The minimum atomic E-state index is -1.75. The molecular formula is C23H33Cl2N5O2Si. The maximum atomic E-state index is 12.4. The van der Waals surface area contributed by atoms with Crippen LogP contribution in [0.3, 0.4) is 0 Å². The molecular weight excluding hydrogens is 477 g/mol. The Morgan fingerprint density at radius 1 is 1.03 bits per heavy atom. The molecule has 1 heterocycles. The van der Waals surface area contributed by atoms with Gasteiger partial charge in [0.15, 0.2) is 8.32 Å². The molecule has 0 bridgehead atoms. The minimum absolute atomic E-state index is 0.218. The van der Waals surface area contributed by atoms with Gasteiger partial charge in [-0.15, -0.1) is 0 Å². The van der Waals surface area contributed by atoms with E-state index < -0.39 is 14.3 Å². The van der Waals surface area contributed by atoms with Crippen molar-refractivity contribution in [2.75, 3.05) is 16.0 Å². The zero-order valence-corrected chi connectivity index (χ0v) is 22.3. The molecule has 7 nitrogen and oxygen atoms in total. The van der Waals surface area contributed by atoms with Crippen LogP contribution in [0.1, 0.15) is 46.5 Å². The molecule has 2 amide bonds. The van der Waals surface area contributed by atoms with E-state index in [1.165, 1.54) is 6.33 Å². The summed E-state index contributed by atoms with van der Waals surface area (Å²) in [6, 6.07) is 6.55. The maximum absolute atomic E-state index is 12.4. The number of nitrogens with one attached hydrogen (secondary N) is 3. The zero-order valence-electron chi connectivity index (χ0n) is 19.8. The molecule has 0 aliphatic heterocycles. The fourth-order valence-corrected chi connectivity index (χ4v) is 5.43. The summed E-state index contributed by atoms with van der Waals surface area (Å²) in [5.74, 6) is 1.05. The molecule has 1 aromatic heterocycles. The summed E-state index contributed by atoms with van der Waals surface area (Å²) in [4.78, 5) is 20.8. The Morgan fingerprint density at radius 3 is 2.24 bits per heavy atom. The number of benzene rings is 1. The lowest BCUT2D eigenvalue weighted by Gasteiger charge is -2.41. The van der Waals surface area contributed by atoms with Crippen LogP contribution in [0, 0.1) is 0 Å². The van der Waals surface area contributed by atoms with Crippen molar-refractivity contribution in [2.24, 2.45) is 0 Å². The van der Waals surface area contributed by atoms with E-state index in [2.05, 4.69) is 59.8 Å². The van der Waals surface area contributed by atoms with E-state index in [0.717, 1.165) is 25.7 Å². The minimum Gasteiger partial charge on any atom is -0.414 e. The normalized spacial score (nSPS) is 19.1. The number of carbonyl (C=O) groups is 1. The van der Waals surface area contributed by atoms with Gasteiger partial charge in [0.25, 0.3) is 0 Å². The van der Waals surface area contributed by atoms with Crippen LogP contribution in [0.15, 0.2) is 30.6 Å². The Kier molecular flexibility index (Phi) is 8.26. The molecule has 1 aliphatic carbocycles. The number of hydrogen-bond donors (Lipinski definition) is 3. The van der Waals surface area contributed by atoms with Crippen LogP contribution in [0.2, 0.25) is 28.2 Å². The molecule has 0 unspecified atom stereocenters. The van der Waals surface area contributed by atoms with Gasteiger partial charge in [-0.25, -0.2) is 14.8 Å². The van der Waals surface area contributed by atoms with Gasteiger partial charge in [-0.1, -0.05) is 50.0 Å². The Hall–Kier alpha value is -1.87. The van der Waals surface area contributed by atoms with Gasteiger partial charge in [0.1, 0.15) is 18.0 Å².